The van der Waals surface area contributed by atoms with Crippen molar-refractivity contribution >= 4 is 17.6 Å². The van der Waals surface area contributed by atoms with Crippen LogP contribution in [0.1, 0.15) is 18.4 Å². The number of ether oxygens (including phenoxy) is 1. The number of furan rings is 2. The van der Waals surface area contributed by atoms with Crippen molar-refractivity contribution in [1.82, 2.24) is 0 Å². The zero-order valence-electron chi connectivity index (χ0n) is 9.38. The summed E-state index contributed by atoms with van der Waals surface area (Å²) >= 11 is 0. The summed E-state index contributed by atoms with van der Waals surface area (Å²) < 4.78 is 15.3. The molecular weight excluding hydrogens is 220 g/mol. The van der Waals surface area contributed by atoms with Crippen LogP contribution in [0.2, 0.25) is 0 Å². The van der Waals surface area contributed by atoms with E-state index in [1.165, 1.54) is 12.5 Å². The van der Waals surface area contributed by atoms with Gasteiger partial charge in [0.15, 0.2) is 0 Å². The van der Waals surface area contributed by atoms with Crippen LogP contribution in [-0.2, 0) is 9.53 Å². The van der Waals surface area contributed by atoms with Gasteiger partial charge in [-0.3, -0.25) is 0 Å². The molecule has 2 aromatic heterocycles. The molecule has 0 saturated carbocycles. The van der Waals surface area contributed by atoms with E-state index in [2.05, 4.69) is 0 Å². The predicted octanol–water partition coefficient (Wildman–Crippen LogP) is 2.98. The van der Waals surface area contributed by atoms with Crippen LogP contribution in [0.4, 0.5) is 0 Å². The molecule has 17 heavy (non-hydrogen) atoms. The third kappa shape index (κ3) is 2.66. The standard InChI is InChI=1S/C13H12O4/c1-2-15-13(14)11(12-6-4-8-17-12)9-10-5-3-7-16-10/h3-9H,2H2,1H3. The molecule has 2 rings (SSSR count). The summed E-state index contributed by atoms with van der Waals surface area (Å²) in [6.45, 7) is 2.07. The Kier molecular flexibility index (Phi) is 3.45. The van der Waals surface area contributed by atoms with Crippen molar-refractivity contribution in [1.29, 1.82) is 0 Å². The highest BCUT2D eigenvalue weighted by Crippen LogP contribution is 2.20. The van der Waals surface area contributed by atoms with Crippen LogP contribution in [0.15, 0.2) is 45.6 Å². The third-order valence-electron chi connectivity index (χ3n) is 2.11. The molecule has 0 bridgehead atoms. The molecule has 0 spiro atoms. The van der Waals surface area contributed by atoms with Crippen LogP contribution in [0, 0.1) is 0 Å². The molecular formula is C13H12O4. The molecule has 2 aromatic rings. The molecule has 0 N–H and O–H groups in total. The van der Waals surface area contributed by atoms with Crippen molar-refractivity contribution in [3.63, 3.8) is 0 Å². The maximum Gasteiger partial charge on any atom is 0.342 e. The summed E-state index contributed by atoms with van der Waals surface area (Å²) in [6.07, 6.45) is 4.64. The zero-order valence-corrected chi connectivity index (χ0v) is 9.38. The monoisotopic (exact) mass is 232 g/mol. The highest BCUT2D eigenvalue weighted by Gasteiger charge is 2.16. The molecule has 0 aliphatic carbocycles. The van der Waals surface area contributed by atoms with E-state index in [9.17, 15) is 4.79 Å². The summed E-state index contributed by atoms with van der Waals surface area (Å²) in [7, 11) is 0. The minimum absolute atomic E-state index is 0.315. The minimum atomic E-state index is -0.432. The highest BCUT2D eigenvalue weighted by molar-refractivity contribution is 6.20. The molecule has 0 saturated heterocycles. The summed E-state index contributed by atoms with van der Waals surface area (Å²) in [5, 5.41) is 0. The van der Waals surface area contributed by atoms with Gasteiger partial charge in [-0.25, -0.2) is 4.79 Å². The van der Waals surface area contributed by atoms with Gasteiger partial charge in [0.05, 0.1) is 19.1 Å². The van der Waals surface area contributed by atoms with E-state index in [-0.39, 0.29) is 0 Å². The molecule has 0 aromatic carbocycles. The van der Waals surface area contributed by atoms with Gasteiger partial charge in [0, 0.05) is 0 Å². The molecule has 0 fully saturated rings. The summed E-state index contributed by atoms with van der Waals surface area (Å²) in [6, 6.07) is 6.91. The van der Waals surface area contributed by atoms with Gasteiger partial charge >= 0.3 is 5.97 Å². The smallest absolute Gasteiger partial charge is 0.342 e. The first-order valence-corrected chi connectivity index (χ1v) is 5.27. The molecule has 0 atom stereocenters. The van der Waals surface area contributed by atoms with E-state index in [1.807, 2.05) is 0 Å². The van der Waals surface area contributed by atoms with Gasteiger partial charge in [0.2, 0.25) is 0 Å². The molecule has 0 unspecified atom stereocenters. The van der Waals surface area contributed by atoms with Crippen LogP contribution in [0.5, 0.6) is 0 Å². The fraction of sp³-hybridized carbons (Fsp3) is 0.154. The van der Waals surface area contributed by atoms with Gasteiger partial charge in [-0.1, -0.05) is 0 Å². The Hall–Kier alpha value is -2.23. The first-order valence-electron chi connectivity index (χ1n) is 5.27. The quantitative estimate of drug-likeness (QED) is 0.600. The molecule has 88 valence electrons. The maximum absolute atomic E-state index is 11.8. The second-order valence-electron chi connectivity index (χ2n) is 3.27. The number of rotatable bonds is 4. The van der Waals surface area contributed by atoms with Crippen molar-refractivity contribution in [3.05, 3.63) is 48.3 Å². The Balaban J connectivity index is 2.34. The molecule has 0 radical (unpaired) electrons. The zero-order chi connectivity index (χ0) is 12.1. The summed E-state index contributed by atoms with van der Waals surface area (Å²) in [4.78, 5) is 11.8. The van der Waals surface area contributed by atoms with Crippen molar-refractivity contribution in [2.45, 2.75) is 6.92 Å². The van der Waals surface area contributed by atoms with Gasteiger partial charge in [-0.15, -0.1) is 0 Å². The Bertz CT molecular complexity index is 492. The van der Waals surface area contributed by atoms with Gasteiger partial charge in [0.1, 0.15) is 17.1 Å². The van der Waals surface area contributed by atoms with Crippen molar-refractivity contribution in [2.75, 3.05) is 6.61 Å². The Morgan fingerprint density at radius 3 is 2.65 bits per heavy atom. The van der Waals surface area contributed by atoms with E-state index in [0.29, 0.717) is 23.7 Å². The Labute approximate surface area is 98.5 Å². The lowest BCUT2D eigenvalue weighted by Crippen LogP contribution is -2.06. The molecule has 4 nitrogen and oxygen atoms in total. The van der Waals surface area contributed by atoms with E-state index < -0.39 is 5.97 Å². The van der Waals surface area contributed by atoms with E-state index in [1.54, 1.807) is 37.3 Å². The first-order chi connectivity index (χ1) is 8.31. The van der Waals surface area contributed by atoms with Crippen LogP contribution in [0.3, 0.4) is 0 Å². The van der Waals surface area contributed by atoms with Crippen LogP contribution < -0.4 is 0 Å². The van der Waals surface area contributed by atoms with Gasteiger partial charge in [-0.05, 0) is 37.3 Å². The lowest BCUT2D eigenvalue weighted by atomic mass is 10.2. The van der Waals surface area contributed by atoms with Gasteiger partial charge in [0.25, 0.3) is 0 Å². The highest BCUT2D eigenvalue weighted by atomic mass is 16.5. The Morgan fingerprint density at radius 2 is 2.06 bits per heavy atom. The van der Waals surface area contributed by atoms with Crippen LogP contribution in [-0.4, -0.2) is 12.6 Å². The first kappa shape index (κ1) is 11.3. The molecule has 0 amide bonds. The van der Waals surface area contributed by atoms with Crippen molar-refractivity contribution in [3.8, 4) is 0 Å². The summed E-state index contributed by atoms with van der Waals surface area (Å²) in [5.41, 5.74) is 0.340. The van der Waals surface area contributed by atoms with Crippen LogP contribution >= 0.6 is 0 Å². The van der Waals surface area contributed by atoms with E-state index >= 15 is 0 Å². The minimum Gasteiger partial charge on any atom is -0.465 e. The second kappa shape index (κ2) is 5.21. The molecule has 4 heteroatoms. The second-order valence-corrected chi connectivity index (χ2v) is 3.27. The number of hydrogen-bond donors (Lipinski definition) is 0. The molecule has 0 aliphatic heterocycles. The number of carbonyl (C=O) groups is 1. The Morgan fingerprint density at radius 1 is 1.29 bits per heavy atom. The lowest BCUT2D eigenvalue weighted by Gasteiger charge is -2.03. The predicted molar refractivity (Wildman–Crippen MR) is 61.9 cm³/mol. The SMILES string of the molecule is CCOC(=O)C(=Cc1ccco1)c1ccco1. The van der Waals surface area contributed by atoms with E-state index in [4.69, 9.17) is 13.6 Å². The fourth-order valence-electron chi connectivity index (χ4n) is 1.39. The molecule has 2 heterocycles. The lowest BCUT2D eigenvalue weighted by molar-refractivity contribution is -0.136. The average Bonchev–Trinajstić information content (AvgIpc) is 2.99. The van der Waals surface area contributed by atoms with Gasteiger partial charge < -0.3 is 13.6 Å². The van der Waals surface area contributed by atoms with Crippen molar-refractivity contribution < 1.29 is 18.4 Å². The number of hydrogen-bond acceptors (Lipinski definition) is 4. The number of carbonyl (C=O) groups excluding carboxylic acids is 1. The topological polar surface area (TPSA) is 52.6 Å². The maximum atomic E-state index is 11.8. The molecule has 0 aliphatic rings. The number of esters is 1. The third-order valence-corrected chi connectivity index (χ3v) is 2.11. The van der Waals surface area contributed by atoms with E-state index in [0.717, 1.165) is 0 Å². The largest absolute Gasteiger partial charge is 0.465 e. The fourth-order valence-corrected chi connectivity index (χ4v) is 1.39. The average molecular weight is 232 g/mol. The van der Waals surface area contributed by atoms with Crippen molar-refractivity contribution in [2.24, 2.45) is 0 Å². The van der Waals surface area contributed by atoms with Gasteiger partial charge in [-0.2, -0.15) is 0 Å². The normalized spacial score (nSPS) is 11.5. The summed E-state index contributed by atoms with van der Waals surface area (Å²) in [5.74, 6) is 0.600. The van der Waals surface area contributed by atoms with Crippen LogP contribution in [0.25, 0.3) is 11.6 Å².